The Morgan fingerprint density at radius 1 is 1.11 bits per heavy atom. The Morgan fingerprint density at radius 2 is 1.86 bits per heavy atom. The first kappa shape index (κ1) is 28.0. The second-order valence-corrected chi connectivity index (χ2v) is 9.97. The SMILES string of the molecule is Cc1cc(NC(=O)c2ccc(CN3CCCC3)c(F)c2)nn1Cc1cc(Cl)ccc1OCC(C)C.Cl. The summed E-state index contributed by atoms with van der Waals surface area (Å²) in [5.74, 6) is 0.797. The molecule has 1 N–H and O–H groups in total. The zero-order chi connectivity index (χ0) is 24.9. The second-order valence-electron chi connectivity index (χ2n) is 9.53. The van der Waals surface area contributed by atoms with E-state index in [1.54, 1.807) is 28.9 Å². The number of aromatic nitrogens is 2. The van der Waals surface area contributed by atoms with E-state index in [0.29, 0.717) is 42.0 Å². The Balaban J connectivity index is 0.00000361. The lowest BCUT2D eigenvalue weighted by Crippen LogP contribution is -2.19. The predicted octanol–water partition coefficient (Wildman–Crippen LogP) is 6.34. The number of carbonyl (C=O) groups is 1. The molecule has 1 aliphatic rings. The summed E-state index contributed by atoms with van der Waals surface area (Å²) in [7, 11) is 0. The van der Waals surface area contributed by atoms with Gasteiger partial charge >= 0.3 is 0 Å². The van der Waals surface area contributed by atoms with Gasteiger partial charge in [-0.1, -0.05) is 31.5 Å². The van der Waals surface area contributed by atoms with Crippen LogP contribution in [0, 0.1) is 18.7 Å². The summed E-state index contributed by atoms with van der Waals surface area (Å²) in [5.41, 5.74) is 2.64. The molecule has 1 amide bonds. The fraction of sp³-hybridized carbons (Fsp3) is 0.407. The molecule has 4 rings (SSSR count). The number of ether oxygens (including phenoxy) is 1. The zero-order valence-corrected chi connectivity index (χ0v) is 22.5. The molecule has 0 bridgehead atoms. The van der Waals surface area contributed by atoms with Gasteiger partial charge < -0.3 is 10.1 Å². The van der Waals surface area contributed by atoms with E-state index in [1.165, 1.54) is 6.07 Å². The monoisotopic (exact) mass is 534 g/mol. The van der Waals surface area contributed by atoms with Gasteiger partial charge in [-0.25, -0.2) is 4.39 Å². The van der Waals surface area contributed by atoms with E-state index in [9.17, 15) is 9.18 Å². The smallest absolute Gasteiger partial charge is 0.256 e. The third-order valence-electron chi connectivity index (χ3n) is 6.05. The summed E-state index contributed by atoms with van der Waals surface area (Å²) in [5, 5.41) is 7.93. The molecule has 9 heteroatoms. The van der Waals surface area contributed by atoms with E-state index in [1.807, 2.05) is 19.1 Å². The van der Waals surface area contributed by atoms with Crippen molar-refractivity contribution in [3.63, 3.8) is 0 Å². The molecule has 1 fully saturated rings. The van der Waals surface area contributed by atoms with E-state index >= 15 is 0 Å². The second kappa shape index (κ2) is 12.6. The minimum Gasteiger partial charge on any atom is -0.493 e. The molecule has 2 heterocycles. The average molecular weight is 535 g/mol. The van der Waals surface area contributed by atoms with Gasteiger partial charge in [0.25, 0.3) is 5.91 Å². The minimum absolute atomic E-state index is 0. The van der Waals surface area contributed by atoms with Crippen LogP contribution in [-0.2, 0) is 13.1 Å². The molecular weight excluding hydrogens is 502 g/mol. The quantitative estimate of drug-likeness (QED) is 0.348. The van der Waals surface area contributed by atoms with Gasteiger partial charge in [0.05, 0.1) is 13.2 Å². The molecule has 1 saturated heterocycles. The maximum atomic E-state index is 14.6. The third kappa shape index (κ3) is 7.21. The van der Waals surface area contributed by atoms with E-state index in [-0.39, 0.29) is 23.8 Å². The van der Waals surface area contributed by atoms with E-state index in [4.69, 9.17) is 16.3 Å². The molecule has 1 aromatic heterocycles. The molecule has 0 atom stereocenters. The van der Waals surface area contributed by atoms with Crippen LogP contribution in [0.1, 0.15) is 53.9 Å². The summed E-state index contributed by atoms with van der Waals surface area (Å²) in [6, 6.07) is 12.0. The molecule has 0 unspecified atom stereocenters. The van der Waals surface area contributed by atoms with Crippen molar-refractivity contribution in [3.05, 3.63) is 75.7 Å². The number of nitrogens with one attached hydrogen (secondary N) is 1. The summed E-state index contributed by atoms with van der Waals surface area (Å²) in [4.78, 5) is 15.0. The molecule has 3 aromatic rings. The number of aryl methyl sites for hydroxylation is 1. The fourth-order valence-electron chi connectivity index (χ4n) is 4.15. The van der Waals surface area contributed by atoms with E-state index in [2.05, 4.69) is 29.2 Å². The summed E-state index contributed by atoms with van der Waals surface area (Å²) < 4.78 is 22.4. The Labute approximate surface area is 223 Å². The van der Waals surface area contributed by atoms with Crippen LogP contribution in [0.4, 0.5) is 10.2 Å². The third-order valence-corrected chi connectivity index (χ3v) is 6.28. The Hall–Kier alpha value is -2.61. The Kier molecular flexibility index (Phi) is 9.77. The van der Waals surface area contributed by atoms with Crippen molar-refractivity contribution in [1.29, 1.82) is 0 Å². The van der Waals surface area contributed by atoms with Gasteiger partial charge in [-0.3, -0.25) is 14.4 Å². The van der Waals surface area contributed by atoms with Crippen molar-refractivity contribution in [2.24, 2.45) is 5.92 Å². The van der Waals surface area contributed by atoms with Crippen molar-refractivity contribution >= 4 is 35.7 Å². The lowest BCUT2D eigenvalue weighted by molar-refractivity contribution is 0.102. The summed E-state index contributed by atoms with van der Waals surface area (Å²) >= 11 is 6.22. The maximum absolute atomic E-state index is 14.6. The van der Waals surface area contributed by atoms with Gasteiger partial charge in [0, 0.05) is 40.0 Å². The molecule has 2 aromatic carbocycles. The van der Waals surface area contributed by atoms with Crippen LogP contribution >= 0.6 is 24.0 Å². The number of amides is 1. The molecule has 0 aliphatic carbocycles. The zero-order valence-electron chi connectivity index (χ0n) is 20.9. The van der Waals surface area contributed by atoms with Gasteiger partial charge in [-0.05, 0) is 69.1 Å². The maximum Gasteiger partial charge on any atom is 0.256 e. The molecule has 194 valence electrons. The van der Waals surface area contributed by atoms with E-state index < -0.39 is 5.91 Å². The molecule has 36 heavy (non-hydrogen) atoms. The largest absolute Gasteiger partial charge is 0.493 e. The standard InChI is InChI=1S/C27H32ClFN4O2.ClH/c1-18(2)17-35-25-9-8-23(28)13-22(25)16-33-19(3)12-26(31-33)30-27(34)20-6-7-21(24(29)14-20)15-32-10-4-5-11-32;/h6-9,12-14,18H,4-5,10-11,15-17H2,1-3H3,(H,30,31,34);1H. The van der Waals surface area contributed by atoms with Crippen LogP contribution in [0.25, 0.3) is 0 Å². The van der Waals surface area contributed by atoms with Crippen molar-refractivity contribution in [3.8, 4) is 5.75 Å². The van der Waals surface area contributed by atoms with E-state index in [0.717, 1.165) is 42.9 Å². The molecule has 1 aliphatic heterocycles. The number of nitrogens with zero attached hydrogens (tertiary/aromatic N) is 3. The van der Waals surface area contributed by atoms with Crippen molar-refractivity contribution < 1.29 is 13.9 Å². The van der Waals surface area contributed by atoms with Crippen LogP contribution in [0.3, 0.4) is 0 Å². The molecule has 0 spiro atoms. The average Bonchev–Trinajstić information content (AvgIpc) is 3.44. The summed E-state index contributed by atoms with van der Waals surface area (Å²) in [6.45, 7) is 9.69. The Morgan fingerprint density at radius 3 is 2.56 bits per heavy atom. The highest BCUT2D eigenvalue weighted by molar-refractivity contribution is 6.30. The highest BCUT2D eigenvalue weighted by Gasteiger charge is 2.17. The number of likely N-dealkylation sites (tertiary alicyclic amines) is 1. The van der Waals surface area contributed by atoms with Crippen LogP contribution < -0.4 is 10.1 Å². The van der Waals surface area contributed by atoms with Crippen molar-refractivity contribution in [2.45, 2.75) is 46.7 Å². The lowest BCUT2D eigenvalue weighted by Gasteiger charge is -2.15. The van der Waals surface area contributed by atoms with Gasteiger partial charge in [-0.2, -0.15) is 5.10 Å². The molecular formula is C27H33Cl2FN4O2. The van der Waals surface area contributed by atoms with Crippen molar-refractivity contribution in [1.82, 2.24) is 14.7 Å². The predicted molar refractivity (Wildman–Crippen MR) is 144 cm³/mol. The number of halogens is 3. The van der Waals surface area contributed by atoms with Crippen LogP contribution in [0.15, 0.2) is 42.5 Å². The highest BCUT2D eigenvalue weighted by Crippen LogP contribution is 2.25. The first-order chi connectivity index (χ1) is 16.8. The number of hydrogen-bond acceptors (Lipinski definition) is 4. The summed E-state index contributed by atoms with van der Waals surface area (Å²) in [6.07, 6.45) is 2.30. The number of carbonyl (C=O) groups excluding carboxylic acids is 1. The molecule has 6 nitrogen and oxygen atoms in total. The first-order valence-corrected chi connectivity index (χ1v) is 12.4. The first-order valence-electron chi connectivity index (χ1n) is 12.1. The number of hydrogen-bond donors (Lipinski definition) is 1. The van der Waals surface area contributed by atoms with Gasteiger partial charge in [-0.15, -0.1) is 12.4 Å². The number of anilines is 1. The fourth-order valence-corrected chi connectivity index (χ4v) is 4.34. The van der Waals surface area contributed by atoms with Gasteiger partial charge in [0.2, 0.25) is 0 Å². The van der Waals surface area contributed by atoms with Gasteiger partial charge in [0.15, 0.2) is 5.82 Å². The molecule has 0 saturated carbocycles. The minimum atomic E-state index is -0.398. The Bertz CT molecular complexity index is 1190. The lowest BCUT2D eigenvalue weighted by atomic mass is 10.1. The topological polar surface area (TPSA) is 59.4 Å². The normalized spacial score (nSPS) is 13.6. The van der Waals surface area contributed by atoms with Gasteiger partial charge in [0.1, 0.15) is 11.6 Å². The van der Waals surface area contributed by atoms with Crippen LogP contribution in [0.5, 0.6) is 5.75 Å². The number of rotatable bonds is 9. The van der Waals surface area contributed by atoms with Crippen LogP contribution in [0.2, 0.25) is 5.02 Å². The number of benzene rings is 2. The molecule has 0 radical (unpaired) electrons. The van der Waals surface area contributed by atoms with Crippen LogP contribution in [-0.4, -0.2) is 40.3 Å². The highest BCUT2D eigenvalue weighted by atomic mass is 35.5. The van der Waals surface area contributed by atoms with Crippen molar-refractivity contribution in [2.75, 3.05) is 25.0 Å².